The minimum atomic E-state index is 0.180. The molecule has 1 aromatic rings. The van der Waals surface area contributed by atoms with Crippen LogP contribution in [-0.2, 0) is 13.1 Å². The summed E-state index contributed by atoms with van der Waals surface area (Å²) in [7, 11) is 0. The van der Waals surface area contributed by atoms with Gasteiger partial charge in [0.1, 0.15) is 6.54 Å². The smallest absolute Gasteiger partial charge is 0.106 e. The van der Waals surface area contributed by atoms with E-state index in [2.05, 4.69) is 5.18 Å². The molecule has 0 atom stereocenters. The summed E-state index contributed by atoms with van der Waals surface area (Å²) in [4.78, 5) is 9.93. The minimum absolute atomic E-state index is 0.180. The maximum Gasteiger partial charge on any atom is 0.106 e. The van der Waals surface area contributed by atoms with Crippen molar-refractivity contribution >= 4 is 0 Å². The van der Waals surface area contributed by atoms with E-state index in [1.54, 1.807) is 0 Å². The van der Waals surface area contributed by atoms with Crippen LogP contribution < -0.4 is 5.48 Å². The summed E-state index contributed by atoms with van der Waals surface area (Å²) >= 11 is 0. The monoisotopic (exact) mass is 166 g/mol. The molecule has 2 N–H and O–H groups in total. The lowest BCUT2D eigenvalue weighted by Gasteiger charge is -2.00. The van der Waals surface area contributed by atoms with Crippen molar-refractivity contribution in [1.29, 1.82) is 0 Å². The number of rotatable bonds is 4. The maximum absolute atomic E-state index is 9.93. The third-order valence-corrected chi connectivity index (χ3v) is 1.52. The second-order valence-electron chi connectivity index (χ2n) is 2.44. The molecule has 0 aliphatic heterocycles. The van der Waals surface area contributed by atoms with Crippen molar-refractivity contribution in [3.05, 3.63) is 40.3 Å². The van der Waals surface area contributed by atoms with E-state index >= 15 is 0 Å². The van der Waals surface area contributed by atoms with Gasteiger partial charge < -0.3 is 5.21 Å². The van der Waals surface area contributed by atoms with Gasteiger partial charge in [0, 0.05) is 6.54 Å². The first-order valence-electron chi connectivity index (χ1n) is 3.60. The van der Waals surface area contributed by atoms with E-state index in [0.29, 0.717) is 6.54 Å². The Morgan fingerprint density at radius 2 is 2.17 bits per heavy atom. The third-order valence-electron chi connectivity index (χ3n) is 1.52. The summed E-state index contributed by atoms with van der Waals surface area (Å²) in [5, 5.41) is 11.2. The summed E-state index contributed by atoms with van der Waals surface area (Å²) in [6.07, 6.45) is 0. The van der Waals surface area contributed by atoms with Gasteiger partial charge in [-0.15, -0.1) is 0 Å². The highest BCUT2D eigenvalue weighted by molar-refractivity contribution is 5.23. The van der Waals surface area contributed by atoms with Gasteiger partial charge in [-0.1, -0.05) is 29.4 Å². The Kier molecular flexibility index (Phi) is 3.37. The molecule has 1 rings (SSSR count). The number of hydrogen-bond acceptors (Lipinski definition) is 4. The predicted molar refractivity (Wildman–Crippen MR) is 44.6 cm³/mol. The van der Waals surface area contributed by atoms with Crippen LogP contribution in [0.3, 0.4) is 0 Å². The van der Waals surface area contributed by atoms with Gasteiger partial charge in [-0.05, 0) is 11.1 Å². The number of hydroxylamine groups is 1. The number of nitroso groups, excluding NO2 is 1. The fraction of sp³-hybridized carbons (Fsp3) is 0.250. The molecule has 0 aromatic heterocycles. The van der Waals surface area contributed by atoms with E-state index in [1.807, 2.05) is 29.7 Å². The zero-order chi connectivity index (χ0) is 8.81. The first-order chi connectivity index (χ1) is 5.86. The van der Waals surface area contributed by atoms with Gasteiger partial charge in [-0.3, -0.25) is 0 Å². The van der Waals surface area contributed by atoms with Crippen LogP contribution in [0.15, 0.2) is 29.4 Å². The molecule has 0 bridgehead atoms. The Balaban J connectivity index is 2.73. The summed E-state index contributed by atoms with van der Waals surface area (Å²) in [5.41, 5.74) is 3.83. The van der Waals surface area contributed by atoms with E-state index in [9.17, 15) is 4.91 Å². The molecule has 0 saturated heterocycles. The molecule has 0 saturated carbocycles. The van der Waals surface area contributed by atoms with Gasteiger partial charge in [-0.25, -0.2) is 5.48 Å². The van der Waals surface area contributed by atoms with Crippen molar-refractivity contribution < 1.29 is 5.21 Å². The molecule has 0 aliphatic rings. The van der Waals surface area contributed by atoms with Crippen LogP contribution >= 0.6 is 0 Å². The van der Waals surface area contributed by atoms with Gasteiger partial charge >= 0.3 is 0 Å². The van der Waals surface area contributed by atoms with Gasteiger partial charge in [0.2, 0.25) is 0 Å². The Labute approximate surface area is 70.2 Å². The molecule has 0 unspecified atom stereocenters. The summed E-state index contributed by atoms with van der Waals surface area (Å²) in [6, 6.07) is 7.33. The van der Waals surface area contributed by atoms with Gasteiger partial charge in [0.05, 0.1) is 0 Å². The van der Waals surface area contributed by atoms with Crippen molar-refractivity contribution in [2.24, 2.45) is 5.18 Å². The average molecular weight is 166 g/mol. The Bertz CT molecular complexity index is 263. The zero-order valence-electron chi connectivity index (χ0n) is 6.53. The maximum atomic E-state index is 9.93. The summed E-state index contributed by atoms with van der Waals surface area (Å²) in [5.74, 6) is 0. The Morgan fingerprint density at radius 1 is 1.42 bits per heavy atom. The minimum Gasteiger partial charge on any atom is -0.316 e. The zero-order valence-corrected chi connectivity index (χ0v) is 6.53. The predicted octanol–water partition coefficient (Wildman–Crippen LogP) is 1.43. The highest BCUT2D eigenvalue weighted by atomic mass is 16.5. The van der Waals surface area contributed by atoms with E-state index in [-0.39, 0.29) is 6.54 Å². The molecule has 0 spiro atoms. The van der Waals surface area contributed by atoms with Crippen LogP contribution in [0.5, 0.6) is 0 Å². The van der Waals surface area contributed by atoms with E-state index in [1.165, 1.54) is 0 Å². The van der Waals surface area contributed by atoms with Gasteiger partial charge in [0.25, 0.3) is 0 Å². The number of hydrogen-bond donors (Lipinski definition) is 2. The van der Waals surface area contributed by atoms with Crippen molar-refractivity contribution in [2.45, 2.75) is 13.1 Å². The topological polar surface area (TPSA) is 61.7 Å². The fourth-order valence-corrected chi connectivity index (χ4v) is 1.00. The van der Waals surface area contributed by atoms with E-state index < -0.39 is 0 Å². The first kappa shape index (κ1) is 8.83. The lowest BCUT2D eigenvalue weighted by atomic mass is 10.1. The SMILES string of the molecule is O=NCc1cccc(CNO)c1. The normalized spacial score (nSPS) is 9.75. The van der Waals surface area contributed by atoms with Crippen LogP contribution in [0, 0.1) is 4.91 Å². The molecule has 12 heavy (non-hydrogen) atoms. The lowest BCUT2D eigenvalue weighted by molar-refractivity contribution is 0.161. The van der Waals surface area contributed by atoms with Crippen molar-refractivity contribution in [3.8, 4) is 0 Å². The molecule has 0 fully saturated rings. The molecule has 1 aromatic carbocycles. The fourth-order valence-electron chi connectivity index (χ4n) is 1.00. The quantitative estimate of drug-likeness (QED) is 0.525. The van der Waals surface area contributed by atoms with Gasteiger partial charge in [-0.2, -0.15) is 4.91 Å². The van der Waals surface area contributed by atoms with Gasteiger partial charge in [0.15, 0.2) is 0 Å². The largest absolute Gasteiger partial charge is 0.316 e. The van der Waals surface area contributed by atoms with E-state index in [0.717, 1.165) is 11.1 Å². The first-order valence-corrected chi connectivity index (χ1v) is 3.60. The molecule has 4 heteroatoms. The van der Waals surface area contributed by atoms with Crippen LogP contribution in [-0.4, -0.2) is 5.21 Å². The highest BCUT2D eigenvalue weighted by Gasteiger charge is 1.94. The number of nitrogens with one attached hydrogen (secondary N) is 1. The van der Waals surface area contributed by atoms with Crippen molar-refractivity contribution in [2.75, 3.05) is 0 Å². The number of nitrogens with zero attached hydrogens (tertiary/aromatic N) is 1. The lowest BCUT2D eigenvalue weighted by Crippen LogP contribution is -2.05. The second kappa shape index (κ2) is 4.58. The van der Waals surface area contributed by atoms with Crippen molar-refractivity contribution in [3.63, 3.8) is 0 Å². The van der Waals surface area contributed by atoms with Crippen LogP contribution in [0.2, 0.25) is 0 Å². The molecule has 0 radical (unpaired) electrons. The average Bonchev–Trinajstić information content (AvgIpc) is 2.06. The molecular weight excluding hydrogens is 156 g/mol. The molecule has 0 amide bonds. The van der Waals surface area contributed by atoms with Crippen LogP contribution in [0.1, 0.15) is 11.1 Å². The highest BCUT2D eigenvalue weighted by Crippen LogP contribution is 2.05. The third kappa shape index (κ3) is 2.41. The number of benzene rings is 1. The Hall–Kier alpha value is -1.26. The Morgan fingerprint density at radius 3 is 2.83 bits per heavy atom. The summed E-state index contributed by atoms with van der Waals surface area (Å²) in [6.45, 7) is 0.561. The molecular formula is C8H10N2O2. The molecule has 0 aliphatic carbocycles. The van der Waals surface area contributed by atoms with Crippen molar-refractivity contribution in [1.82, 2.24) is 5.48 Å². The summed E-state index contributed by atoms with van der Waals surface area (Å²) < 4.78 is 0. The van der Waals surface area contributed by atoms with E-state index in [4.69, 9.17) is 5.21 Å². The molecule has 4 nitrogen and oxygen atoms in total. The molecule has 64 valence electrons. The van der Waals surface area contributed by atoms with Crippen LogP contribution in [0.4, 0.5) is 0 Å². The second-order valence-corrected chi connectivity index (χ2v) is 2.44. The molecule has 0 heterocycles. The van der Waals surface area contributed by atoms with Crippen LogP contribution in [0.25, 0.3) is 0 Å². The standard InChI is InChI=1S/C8H10N2O2/c11-9-5-7-2-1-3-8(4-7)6-10-12/h1-4,9,11H,5-6H2.